The van der Waals surface area contributed by atoms with Crippen LogP contribution in [0.15, 0.2) is 72.8 Å². The van der Waals surface area contributed by atoms with Crippen LogP contribution in [0, 0.1) is 0 Å². The van der Waals surface area contributed by atoms with Crippen molar-refractivity contribution in [2.24, 2.45) is 5.73 Å². The molecule has 0 aliphatic carbocycles. The van der Waals surface area contributed by atoms with E-state index >= 15 is 0 Å². The zero-order chi connectivity index (χ0) is 29.0. The van der Waals surface area contributed by atoms with Crippen molar-refractivity contribution in [1.82, 2.24) is 0 Å². The Kier molecular flexibility index (Phi) is 11.4. The second-order valence-corrected chi connectivity index (χ2v) is 9.78. The third kappa shape index (κ3) is 8.66. The van der Waals surface area contributed by atoms with Gasteiger partial charge in [-0.2, -0.15) is 0 Å². The molecule has 4 rings (SSSR count). The third-order valence-corrected chi connectivity index (χ3v) is 6.79. The molecule has 10 heteroatoms. The van der Waals surface area contributed by atoms with Gasteiger partial charge in [0.05, 0.1) is 30.3 Å². The number of ether oxygens (including phenoxy) is 3. The number of hydrogen-bond acceptors (Lipinski definition) is 8. The van der Waals surface area contributed by atoms with Gasteiger partial charge in [-0.15, -0.1) is 0 Å². The van der Waals surface area contributed by atoms with Crippen LogP contribution in [0.1, 0.15) is 31.7 Å². The lowest BCUT2D eigenvalue weighted by Gasteiger charge is -2.32. The summed E-state index contributed by atoms with van der Waals surface area (Å²) < 4.78 is 17.8. The number of para-hydroxylation sites is 4. The van der Waals surface area contributed by atoms with E-state index in [0.29, 0.717) is 52.0 Å². The Morgan fingerprint density at radius 1 is 1.02 bits per heavy atom. The SMILES string of the molecule is CCO[C@@H](Cc1ccc(OCCN2c3ccccc3Oc3ccccc32)cc1)C([O-])O[NH2+]CCCCC(N)C(=O)O. The van der Waals surface area contributed by atoms with Crippen LogP contribution in [-0.2, 0) is 20.8 Å². The van der Waals surface area contributed by atoms with Crippen molar-refractivity contribution in [2.75, 3.05) is 31.2 Å². The van der Waals surface area contributed by atoms with E-state index in [4.69, 9.17) is 29.9 Å². The number of carbonyl (C=O) groups is 1. The van der Waals surface area contributed by atoms with E-state index in [2.05, 4.69) is 4.90 Å². The molecule has 10 nitrogen and oxygen atoms in total. The summed E-state index contributed by atoms with van der Waals surface area (Å²) in [6, 6.07) is 22.7. The molecule has 0 saturated heterocycles. The quantitative estimate of drug-likeness (QED) is 0.128. The van der Waals surface area contributed by atoms with E-state index in [1.165, 1.54) is 5.48 Å². The van der Waals surface area contributed by atoms with Gasteiger partial charge in [-0.1, -0.05) is 36.4 Å². The van der Waals surface area contributed by atoms with Gasteiger partial charge in [0.25, 0.3) is 0 Å². The zero-order valence-electron chi connectivity index (χ0n) is 23.3. The molecular weight excluding hydrogens is 526 g/mol. The summed E-state index contributed by atoms with van der Waals surface area (Å²) in [5.74, 6) is 1.37. The molecule has 0 aromatic heterocycles. The Morgan fingerprint density at radius 3 is 2.32 bits per heavy atom. The second kappa shape index (κ2) is 15.4. The van der Waals surface area contributed by atoms with Crippen LogP contribution in [0.4, 0.5) is 11.4 Å². The summed E-state index contributed by atoms with van der Waals surface area (Å²) in [4.78, 5) is 18.3. The van der Waals surface area contributed by atoms with Crippen LogP contribution in [0.25, 0.3) is 0 Å². The molecule has 0 fully saturated rings. The van der Waals surface area contributed by atoms with Gasteiger partial charge in [0.15, 0.2) is 11.5 Å². The molecule has 0 bridgehead atoms. The van der Waals surface area contributed by atoms with Gasteiger partial charge in [0.1, 0.15) is 24.9 Å². The number of anilines is 2. The molecule has 3 aromatic carbocycles. The molecule has 220 valence electrons. The molecule has 0 radical (unpaired) electrons. The summed E-state index contributed by atoms with van der Waals surface area (Å²) in [7, 11) is 0. The van der Waals surface area contributed by atoms with Gasteiger partial charge < -0.3 is 35.1 Å². The lowest BCUT2D eigenvalue weighted by molar-refractivity contribution is -0.933. The van der Waals surface area contributed by atoms with Gasteiger partial charge >= 0.3 is 5.97 Å². The largest absolute Gasteiger partial charge is 0.825 e. The van der Waals surface area contributed by atoms with Crippen molar-refractivity contribution in [3.63, 3.8) is 0 Å². The van der Waals surface area contributed by atoms with Crippen molar-refractivity contribution in [2.45, 2.75) is 51.0 Å². The zero-order valence-corrected chi connectivity index (χ0v) is 23.3. The van der Waals surface area contributed by atoms with Crippen molar-refractivity contribution in [3.05, 3.63) is 78.4 Å². The highest BCUT2D eigenvalue weighted by Gasteiger charge is 2.23. The number of benzene rings is 3. The number of aliphatic carboxylic acids is 1. The fraction of sp³-hybridized carbons (Fsp3) is 0.387. The first-order chi connectivity index (χ1) is 20.0. The molecule has 41 heavy (non-hydrogen) atoms. The van der Waals surface area contributed by atoms with Crippen molar-refractivity contribution >= 4 is 17.3 Å². The van der Waals surface area contributed by atoms with E-state index in [-0.39, 0.29) is 0 Å². The predicted molar refractivity (Wildman–Crippen MR) is 152 cm³/mol. The molecule has 2 unspecified atom stereocenters. The second-order valence-electron chi connectivity index (χ2n) is 9.78. The third-order valence-electron chi connectivity index (χ3n) is 6.79. The van der Waals surface area contributed by atoms with Crippen molar-refractivity contribution in [1.29, 1.82) is 0 Å². The Morgan fingerprint density at radius 2 is 1.68 bits per heavy atom. The number of nitrogens with two attached hydrogens (primary N) is 2. The number of rotatable bonds is 17. The molecule has 1 aliphatic rings. The van der Waals surface area contributed by atoms with Crippen LogP contribution < -0.4 is 30.7 Å². The van der Waals surface area contributed by atoms with Crippen LogP contribution in [-0.4, -0.2) is 55.8 Å². The standard InChI is InChI=1S/C31H38N3O7/c1-2-38-29(31(37)41-33-18-8-7-9-24(32)30(35)36)21-22-14-16-23(17-15-22)39-20-19-34-25-10-3-5-12-27(25)40-28-13-6-4-11-26(28)34/h3-6,10-17,24,29,31,33H,2,7-9,18-21,32H2,1H3,(H,35,36)/q-1/p+1/t24?,29-,31?/m0/s1. The number of hydroxylamine groups is 1. The molecule has 1 aliphatic heterocycles. The number of carboxylic acid groups (broad SMARTS) is 1. The Labute approximate surface area is 240 Å². The van der Waals surface area contributed by atoms with E-state index in [1.54, 1.807) is 0 Å². The van der Waals surface area contributed by atoms with E-state index < -0.39 is 24.4 Å². The lowest BCUT2D eigenvalue weighted by atomic mass is 10.1. The highest BCUT2D eigenvalue weighted by molar-refractivity contribution is 5.77. The molecule has 0 spiro atoms. The maximum Gasteiger partial charge on any atom is 0.320 e. The Bertz CT molecular complexity index is 1190. The van der Waals surface area contributed by atoms with Crippen LogP contribution in [0.2, 0.25) is 0 Å². The van der Waals surface area contributed by atoms with Gasteiger partial charge in [0, 0.05) is 13.0 Å². The van der Waals surface area contributed by atoms with Gasteiger partial charge in [-0.05, 0) is 68.1 Å². The molecule has 0 saturated carbocycles. The molecule has 5 N–H and O–H groups in total. The summed E-state index contributed by atoms with van der Waals surface area (Å²) in [6.45, 7) is 3.89. The minimum atomic E-state index is -1.37. The molecule has 1 heterocycles. The fourth-order valence-corrected chi connectivity index (χ4v) is 4.64. The number of quaternary nitrogens is 1. The number of fused-ring (bicyclic) bond motifs is 2. The number of unbranched alkanes of at least 4 members (excludes halogenated alkanes) is 1. The molecule has 3 aromatic rings. The Hall–Kier alpha value is -3.67. The van der Waals surface area contributed by atoms with Crippen LogP contribution in [0.3, 0.4) is 0 Å². The topological polar surface area (TPSA) is 143 Å². The molecule has 3 atom stereocenters. The first kappa shape index (κ1) is 30.3. The minimum Gasteiger partial charge on any atom is -0.825 e. The molecule has 0 amide bonds. The maximum atomic E-state index is 12.7. The van der Waals surface area contributed by atoms with Crippen LogP contribution >= 0.6 is 0 Å². The number of carboxylic acids is 1. The van der Waals surface area contributed by atoms with E-state index in [1.807, 2.05) is 79.7 Å². The highest BCUT2D eigenvalue weighted by atomic mass is 16.7. The average molecular weight is 566 g/mol. The Balaban J connectivity index is 1.23. The van der Waals surface area contributed by atoms with Crippen molar-refractivity contribution < 1.29 is 39.5 Å². The molecular formula is C31H39N3O7. The van der Waals surface area contributed by atoms with Gasteiger partial charge in [-0.25, -0.2) is 10.3 Å². The van der Waals surface area contributed by atoms with E-state index in [9.17, 15) is 9.90 Å². The minimum absolute atomic E-state index is 0.389. The normalized spacial score (nSPS) is 14.4. The van der Waals surface area contributed by atoms with Gasteiger partial charge in [0.2, 0.25) is 0 Å². The summed E-state index contributed by atoms with van der Waals surface area (Å²) in [6.07, 6.45) is 0.119. The van der Waals surface area contributed by atoms with Crippen molar-refractivity contribution in [3.8, 4) is 17.2 Å². The first-order valence-electron chi connectivity index (χ1n) is 14.0. The fourth-order valence-electron chi connectivity index (χ4n) is 4.64. The number of hydrogen-bond donors (Lipinski definition) is 3. The first-order valence-corrected chi connectivity index (χ1v) is 14.0. The predicted octanol–water partition coefficient (Wildman–Crippen LogP) is 2.72. The van der Waals surface area contributed by atoms with Gasteiger partial charge in [-0.3, -0.25) is 4.79 Å². The lowest BCUT2D eigenvalue weighted by Crippen LogP contribution is -2.86. The average Bonchev–Trinajstić information content (AvgIpc) is 2.98. The smallest absolute Gasteiger partial charge is 0.320 e. The number of nitrogens with zero attached hydrogens (tertiary/aromatic N) is 1. The highest BCUT2D eigenvalue weighted by Crippen LogP contribution is 2.45. The van der Waals surface area contributed by atoms with Crippen LogP contribution in [0.5, 0.6) is 17.2 Å². The maximum absolute atomic E-state index is 12.7. The van der Waals surface area contributed by atoms with E-state index in [0.717, 1.165) is 34.2 Å². The summed E-state index contributed by atoms with van der Waals surface area (Å²) >= 11 is 0. The summed E-state index contributed by atoms with van der Waals surface area (Å²) in [5.41, 5.74) is 9.93. The monoisotopic (exact) mass is 565 g/mol. The summed E-state index contributed by atoms with van der Waals surface area (Å²) in [5, 5.41) is 21.5.